The van der Waals surface area contributed by atoms with Crippen molar-refractivity contribution in [3.05, 3.63) is 48.4 Å². The van der Waals surface area contributed by atoms with Crippen molar-refractivity contribution < 1.29 is 23.8 Å². The molecule has 2 rings (SSSR count). The molecule has 0 bridgehead atoms. The van der Waals surface area contributed by atoms with Crippen LogP contribution in [0.3, 0.4) is 0 Å². The number of benzene rings is 1. The third-order valence-corrected chi connectivity index (χ3v) is 3.46. The minimum Gasteiger partial charge on any atom is -0.481 e. The topological polar surface area (TPSA) is 101 Å². The number of urea groups is 1. The molecule has 1 heterocycles. The molecule has 1 aromatic heterocycles. The second kappa shape index (κ2) is 8.28. The van der Waals surface area contributed by atoms with Crippen molar-refractivity contribution in [2.75, 3.05) is 5.32 Å². The molecule has 0 aliphatic rings. The van der Waals surface area contributed by atoms with E-state index >= 15 is 0 Å². The Morgan fingerprint density at radius 1 is 1.23 bits per heavy atom. The Kier molecular flexibility index (Phi) is 6.11. The number of rotatable bonds is 7. The first kappa shape index (κ1) is 19.2. The summed E-state index contributed by atoms with van der Waals surface area (Å²) in [6.07, 6.45) is 1.63. The zero-order valence-electron chi connectivity index (χ0n) is 14.5. The van der Waals surface area contributed by atoms with Gasteiger partial charge in [0.25, 0.3) is 0 Å². The van der Waals surface area contributed by atoms with E-state index in [1.807, 2.05) is 0 Å². The number of halogens is 1. The molecule has 0 fully saturated rings. The summed E-state index contributed by atoms with van der Waals surface area (Å²) in [7, 11) is 0. The SMILES string of the molecule is CC(C)(CCC(=O)O)NC(=O)Nc1ccc(Oc2ccccc2F)nc1. The Morgan fingerprint density at radius 3 is 2.58 bits per heavy atom. The number of aromatic nitrogens is 1. The number of ether oxygens (including phenoxy) is 1. The first-order chi connectivity index (χ1) is 12.2. The molecule has 0 radical (unpaired) electrons. The highest BCUT2D eigenvalue weighted by molar-refractivity contribution is 5.89. The van der Waals surface area contributed by atoms with Gasteiger partial charge in [-0.2, -0.15) is 0 Å². The maximum Gasteiger partial charge on any atom is 0.319 e. The van der Waals surface area contributed by atoms with Gasteiger partial charge in [0.05, 0.1) is 11.9 Å². The number of aliphatic carboxylic acids is 1. The van der Waals surface area contributed by atoms with Crippen LogP contribution in [0.25, 0.3) is 0 Å². The van der Waals surface area contributed by atoms with Gasteiger partial charge in [-0.25, -0.2) is 14.2 Å². The Morgan fingerprint density at radius 2 is 1.96 bits per heavy atom. The standard InChI is InChI=1S/C18H20FN3O4/c1-18(2,10-9-16(23)24)22-17(25)21-12-7-8-15(20-11-12)26-14-6-4-3-5-13(14)19/h3-8,11H,9-10H2,1-2H3,(H,23,24)(H2,21,22,25). The minimum atomic E-state index is -0.921. The number of nitrogens with one attached hydrogen (secondary N) is 2. The largest absolute Gasteiger partial charge is 0.481 e. The zero-order chi connectivity index (χ0) is 19.2. The molecule has 3 N–H and O–H groups in total. The summed E-state index contributed by atoms with van der Waals surface area (Å²) in [5.41, 5.74) is -0.263. The van der Waals surface area contributed by atoms with Crippen LogP contribution in [0.2, 0.25) is 0 Å². The van der Waals surface area contributed by atoms with Gasteiger partial charge in [-0.15, -0.1) is 0 Å². The molecule has 0 unspecified atom stereocenters. The van der Waals surface area contributed by atoms with Gasteiger partial charge in [0, 0.05) is 18.0 Å². The van der Waals surface area contributed by atoms with Gasteiger partial charge in [-0.3, -0.25) is 4.79 Å². The van der Waals surface area contributed by atoms with Crippen LogP contribution >= 0.6 is 0 Å². The summed E-state index contributed by atoms with van der Waals surface area (Å²) >= 11 is 0. The van der Waals surface area contributed by atoms with Gasteiger partial charge in [0.1, 0.15) is 0 Å². The number of anilines is 1. The maximum atomic E-state index is 13.5. The lowest BCUT2D eigenvalue weighted by Crippen LogP contribution is -2.45. The van der Waals surface area contributed by atoms with Crippen LogP contribution in [0.1, 0.15) is 26.7 Å². The smallest absolute Gasteiger partial charge is 0.319 e. The molecule has 0 aliphatic heterocycles. The molecule has 0 aliphatic carbocycles. The maximum absolute atomic E-state index is 13.5. The summed E-state index contributed by atoms with van der Waals surface area (Å²) in [6, 6.07) is 8.54. The molecule has 0 saturated heterocycles. The lowest BCUT2D eigenvalue weighted by atomic mass is 9.99. The Balaban J connectivity index is 1.91. The van der Waals surface area contributed by atoms with Gasteiger partial charge in [0.2, 0.25) is 5.88 Å². The molecule has 8 heteroatoms. The molecule has 7 nitrogen and oxygen atoms in total. The molecular formula is C18H20FN3O4. The lowest BCUT2D eigenvalue weighted by Gasteiger charge is -2.25. The van der Waals surface area contributed by atoms with Gasteiger partial charge >= 0.3 is 12.0 Å². The van der Waals surface area contributed by atoms with Gasteiger partial charge in [0.15, 0.2) is 11.6 Å². The van der Waals surface area contributed by atoms with Crippen LogP contribution in [0, 0.1) is 5.82 Å². The van der Waals surface area contributed by atoms with Crippen LogP contribution in [0.4, 0.5) is 14.9 Å². The second-order valence-corrected chi connectivity index (χ2v) is 6.27. The van der Waals surface area contributed by atoms with E-state index < -0.39 is 23.4 Å². The fourth-order valence-corrected chi connectivity index (χ4v) is 2.11. The predicted octanol–water partition coefficient (Wildman–Crippen LogP) is 3.78. The Labute approximate surface area is 150 Å². The van der Waals surface area contributed by atoms with Crippen molar-refractivity contribution in [2.45, 2.75) is 32.2 Å². The molecule has 0 saturated carbocycles. The van der Waals surface area contributed by atoms with Gasteiger partial charge in [-0.05, 0) is 38.5 Å². The lowest BCUT2D eigenvalue weighted by molar-refractivity contribution is -0.137. The van der Waals surface area contributed by atoms with Crippen LogP contribution < -0.4 is 15.4 Å². The fraction of sp³-hybridized carbons (Fsp3) is 0.278. The first-order valence-electron chi connectivity index (χ1n) is 7.94. The van der Waals surface area contributed by atoms with Gasteiger partial charge < -0.3 is 20.5 Å². The van der Waals surface area contributed by atoms with Crippen molar-refractivity contribution in [3.8, 4) is 11.6 Å². The Bertz CT molecular complexity index is 778. The van der Waals surface area contributed by atoms with Crippen molar-refractivity contribution >= 4 is 17.7 Å². The van der Waals surface area contributed by atoms with Gasteiger partial charge in [-0.1, -0.05) is 12.1 Å². The van der Waals surface area contributed by atoms with E-state index in [9.17, 15) is 14.0 Å². The molecule has 138 valence electrons. The quantitative estimate of drug-likeness (QED) is 0.697. The van der Waals surface area contributed by atoms with Crippen molar-refractivity contribution in [1.29, 1.82) is 0 Å². The van der Waals surface area contributed by atoms with Crippen LogP contribution in [-0.4, -0.2) is 27.6 Å². The van der Waals surface area contributed by atoms with Crippen LogP contribution in [0.15, 0.2) is 42.6 Å². The average molecular weight is 361 g/mol. The number of hydrogen-bond acceptors (Lipinski definition) is 4. The van der Waals surface area contributed by atoms with Crippen molar-refractivity contribution in [3.63, 3.8) is 0 Å². The third kappa shape index (κ3) is 6.04. The fourth-order valence-electron chi connectivity index (χ4n) is 2.11. The number of carbonyl (C=O) groups excluding carboxylic acids is 1. The first-order valence-corrected chi connectivity index (χ1v) is 7.94. The van der Waals surface area contributed by atoms with Crippen molar-refractivity contribution in [1.82, 2.24) is 10.3 Å². The molecule has 2 amide bonds. The molecular weight excluding hydrogens is 341 g/mol. The van der Waals surface area contributed by atoms with Crippen LogP contribution in [-0.2, 0) is 4.79 Å². The van der Waals surface area contributed by atoms with E-state index in [-0.39, 0.29) is 18.1 Å². The summed E-state index contributed by atoms with van der Waals surface area (Å²) < 4.78 is 18.9. The number of nitrogens with zero attached hydrogens (tertiary/aromatic N) is 1. The average Bonchev–Trinajstić information content (AvgIpc) is 2.56. The zero-order valence-corrected chi connectivity index (χ0v) is 14.5. The highest BCUT2D eigenvalue weighted by Gasteiger charge is 2.21. The van der Waals surface area contributed by atoms with E-state index in [1.165, 1.54) is 24.4 Å². The van der Waals surface area contributed by atoms with Crippen molar-refractivity contribution in [2.24, 2.45) is 0 Å². The second-order valence-electron chi connectivity index (χ2n) is 6.27. The predicted molar refractivity (Wildman–Crippen MR) is 93.8 cm³/mol. The summed E-state index contributed by atoms with van der Waals surface area (Å²) in [6.45, 7) is 3.47. The Hall–Kier alpha value is -3.16. The summed E-state index contributed by atoms with van der Waals surface area (Å²) in [5, 5.41) is 14.0. The van der Waals surface area contributed by atoms with E-state index in [0.29, 0.717) is 12.1 Å². The minimum absolute atomic E-state index is 0.0447. The van der Waals surface area contributed by atoms with E-state index in [0.717, 1.165) is 0 Å². The normalized spacial score (nSPS) is 10.9. The number of carbonyl (C=O) groups is 2. The highest BCUT2D eigenvalue weighted by atomic mass is 19.1. The third-order valence-electron chi connectivity index (χ3n) is 3.46. The summed E-state index contributed by atoms with van der Waals surface area (Å²) in [5.74, 6) is -1.18. The number of pyridine rings is 1. The number of carboxylic acid groups (broad SMARTS) is 1. The highest BCUT2D eigenvalue weighted by Crippen LogP contribution is 2.23. The molecule has 1 aromatic carbocycles. The number of amides is 2. The van der Waals surface area contributed by atoms with E-state index in [1.54, 1.807) is 32.0 Å². The molecule has 0 atom stereocenters. The molecule has 26 heavy (non-hydrogen) atoms. The number of para-hydroxylation sites is 1. The van der Waals surface area contributed by atoms with E-state index in [4.69, 9.17) is 9.84 Å². The number of carboxylic acids is 1. The van der Waals surface area contributed by atoms with Crippen LogP contribution in [0.5, 0.6) is 11.6 Å². The molecule has 2 aromatic rings. The number of hydrogen-bond donors (Lipinski definition) is 3. The summed E-state index contributed by atoms with van der Waals surface area (Å²) in [4.78, 5) is 26.7. The van der Waals surface area contributed by atoms with E-state index in [2.05, 4.69) is 15.6 Å². The monoisotopic (exact) mass is 361 g/mol. The molecule has 0 spiro atoms.